The van der Waals surface area contributed by atoms with Gasteiger partial charge in [-0.1, -0.05) is 126 Å². The Hall–Kier alpha value is -5.89. The first-order valence-corrected chi connectivity index (χ1v) is 22.6. The van der Waals surface area contributed by atoms with Gasteiger partial charge in [-0.3, -0.25) is 23.4 Å². The van der Waals surface area contributed by atoms with Crippen molar-refractivity contribution in [3.63, 3.8) is 0 Å². The largest absolute Gasteiger partial charge is 0.530 e. The highest BCUT2D eigenvalue weighted by Gasteiger charge is 2.47. The van der Waals surface area contributed by atoms with E-state index in [1.807, 2.05) is 115 Å². The van der Waals surface area contributed by atoms with Crippen molar-refractivity contribution in [2.45, 2.75) is 43.8 Å². The van der Waals surface area contributed by atoms with Crippen LogP contribution < -0.4 is 20.5 Å². The molecule has 13 nitrogen and oxygen atoms in total. The van der Waals surface area contributed by atoms with Crippen LogP contribution in [0.1, 0.15) is 40.7 Å². The van der Waals surface area contributed by atoms with Crippen molar-refractivity contribution in [2.75, 3.05) is 20.3 Å². The minimum Gasteiger partial charge on any atom is -0.497 e. The molecule has 7 aromatic rings. The van der Waals surface area contributed by atoms with Gasteiger partial charge in [0.2, 0.25) is 0 Å². The van der Waals surface area contributed by atoms with Gasteiger partial charge in [0.25, 0.3) is 5.56 Å². The monoisotopic (exact) mass is 920 g/mol. The van der Waals surface area contributed by atoms with Gasteiger partial charge in [0.1, 0.15) is 35.6 Å². The van der Waals surface area contributed by atoms with E-state index in [4.69, 9.17) is 51.0 Å². The van der Waals surface area contributed by atoms with Crippen LogP contribution in [0.5, 0.6) is 11.5 Å². The Morgan fingerprint density at radius 3 is 2.09 bits per heavy atom. The van der Waals surface area contributed by atoms with Gasteiger partial charge in [-0.05, 0) is 53.4 Å². The number of phosphoric ester groups is 1. The summed E-state index contributed by atoms with van der Waals surface area (Å²) in [6.07, 6.45) is 1.77. The topological polar surface area (TPSA) is 153 Å². The molecule has 0 radical (unpaired) electrons. The van der Waals surface area contributed by atoms with Crippen molar-refractivity contribution < 1.29 is 32.3 Å². The van der Waals surface area contributed by atoms with Gasteiger partial charge in [-0.15, -0.1) is 0 Å². The fraction of sp³-hybridized carbons (Fsp3) is 0.208. The van der Waals surface area contributed by atoms with Crippen LogP contribution in [0.25, 0.3) is 11.1 Å². The van der Waals surface area contributed by atoms with Crippen LogP contribution in [0.2, 0.25) is 10.0 Å². The first-order chi connectivity index (χ1) is 31.0. The normalized spacial score (nSPS) is 17.2. The van der Waals surface area contributed by atoms with Crippen molar-refractivity contribution in [3.05, 3.63) is 211 Å². The van der Waals surface area contributed by atoms with Crippen molar-refractivity contribution >= 4 is 31.0 Å². The molecule has 8 rings (SSSR count). The lowest BCUT2D eigenvalue weighted by Crippen LogP contribution is -2.38. The Morgan fingerprint density at radius 2 is 1.45 bits per heavy atom. The standard InChI is InChI=1S/C48H43Cl2N4O9P/c1-32-30-54(47(56)53-46(32)55)45-27-42(43(61-45)31-59-48(35-14-8-4-9-15-35,36-16-10-5-11-17-36)37-18-21-39(58-2)22-19-37)63-64(57,62-41-26-38(49)20-23-40(41)50)60-25-24-44-51-28-34(29-52-44)33-12-6-3-7-13-33/h3-23,26,28-30,42-43,45H,24-25,27,31H2,1-2H3,(H,53,55,56)/t42-,43+,45+,64?/m0/s1. The molecule has 0 spiro atoms. The number of ether oxygens (including phenoxy) is 3. The molecule has 64 heavy (non-hydrogen) atoms. The average molecular weight is 922 g/mol. The molecule has 1 aliphatic heterocycles. The maximum absolute atomic E-state index is 15.1. The summed E-state index contributed by atoms with van der Waals surface area (Å²) in [5.41, 5.74) is 1.97. The third-order valence-corrected chi connectivity index (χ3v) is 12.7. The maximum atomic E-state index is 15.1. The van der Waals surface area contributed by atoms with Crippen LogP contribution in [0, 0.1) is 6.92 Å². The smallest absolute Gasteiger partial charge is 0.497 e. The van der Waals surface area contributed by atoms with Crippen LogP contribution in [-0.2, 0) is 35.1 Å². The molecule has 1 N–H and O–H groups in total. The van der Waals surface area contributed by atoms with E-state index in [1.165, 1.54) is 22.9 Å². The Balaban J connectivity index is 1.14. The molecule has 0 saturated carbocycles. The quantitative estimate of drug-likeness (QED) is 0.0686. The molecule has 4 atom stereocenters. The summed E-state index contributed by atoms with van der Waals surface area (Å²) in [6, 6.07) is 41.1. The molecule has 0 amide bonds. The Kier molecular flexibility index (Phi) is 13.9. The molecule has 2 aromatic heterocycles. The summed E-state index contributed by atoms with van der Waals surface area (Å²) in [5.74, 6) is 1.03. The lowest BCUT2D eigenvalue weighted by Gasteiger charge is -2.37. The van der Waals surface area contributed by atoms with Crippen molar-refractivity contribution in [1.82, 2.24) is 19.5 Å². The number of aryl methyl sites for hydroxylation is 1. The molecule has 0 bridgehead atoms. The number of aromatic amines is 1. The van der Waals surface area contributed by atoms with Gasteiger partial charge < -0.3 is 18.7 Å². The number of nitrogens with one attached hydrogen (secondary N) is 1. The second kappa shape index (κ2) is 19.9. The zero-order valence-corrected chi connectivity index (χ0v) is 37.1. The summed E-state index contributed by atoms with van der Waals surface area (Å²) in [6.45, 7) is 1.21. The number of aromatic nitrogens is 4. The van der Waals surface area contributed by atoms with E-state index in [-0.39, 0.29) is 47.4 Å². The summed E-state index contributed by atoms with van der Waals surface area (Å²) >= 11 is 12.9. The first-order valence-electron chi connectivity index (χ1n) is 20.3. The average Bonchev–Trinajstić information content (AvgIpc) is 3.71. The highest BCUT2D eigenvalue weighted by Crippen LogP contribution is 2.55. The SMILES string of the molecule is COc1ccc(C(OC[C@H]2O[C@@H](n3cc(C)c(=O)[nH]c3=O)C[C@@H]2OP(=O)(OCCc2ncc(-c3ccccc3)cn2)Oc2cc(Cl)ccc2Cl)(c2ccccc2)c2ccccc2)cc1. The summed E-state index contributed by atoms with van der Waals surface area (Å²) in [4.78, 5) is 37.0. The molecule has 1 fully saturated rings. The van der Waals surface area contributed by atoms with Gasteiger partial charge >= 0.3 is 13.5 Å². The highest BCUT2D eigenvalue weighted by molar-refractivity contribution is 7.49. The van der Waals surface area contributed by atoms with Crippen LogP contribution in [0.15, 0.2) is 162 Å². The van der Waals surface area contributed by atoms with Crippen molar-refractivity contribution in [3.8, 4) is 22.6 Å². The number of phosphoric acid groups is 1. The second-order valence-electron chi connectivity index (χ2n) is 14.9. The predicted molar refractivity (Wildman–Crippen MR) is 243 cm³/mol. The van der Waals surface area contributed by atoms with Crippen molar-refractivity contribution in [1.29, 1.82) is 0 Å². The van der Waals surface area contributed by atoms with Gasteiger partial charge in [0, 0.05) is 53.6 Å². The van der Waals surface area contributed by atoms with Crippen LogP contribution in [0.3, 0.4) is 0 Å². The summed E-state index contributed by atoms with van der Waals surface area (Å²) < 4.78 is 54.1. The molecule has 1 aliphatic rings. The third kappa shape index (κ3) is 10.1. The molecule has 5 aromatic carbocycles. The number of hydrogen-bond donors (Lipinski definition) is 1. The zero-order valence-electron chi connectivity index (χ0n) is 34.7. The fourth-order valence-corrected chi connectivity index (χ4v) is 9.27. The van der Waals surface area contributed by atoms with E-state index in [9.17, 15) is 9.59 Å². The van der Waals surface area contributed by atoms with Gasteiger partial charge in [0.15, 0.2) is 5.75 Å². The third-order valence-electron chi connectivity index (χ3n) is 10.7. The Bertz CT molecular complexity index is 2800. The number of hydrogen-bond acceptors (Lipinski definition) is 11. The number of rotatable bonds is 17. The molecular formula is C48H43Cl2N4O9P. The number of H-pyrrole nitrogens is 1. The summed E-state index contributed by atoms with van der Waals surface area (Å²) in [7, 11) is -3.06. The predicted octanol–water partition coefficient (Wildman–Crippen LogP) is 9.75. The van der Waals surface area contributed by atoms with Crippen LogP contribution >= 0.6 is 31.0 Å². The first kappa shape index (κ1) is 44.7. The van der Waals surface area contributed by atoms with E-state index < -0.39 is 43.1 Å². The fourth-order valence-electron chi connectivity index (χ4n) is 7.48. The van der Waals surface area contributed by atoms with Crippen LogP contribution in [-0.4, -0.2) is 52.1 Å². The van der Waals surface area contributed by atoms with Gasteiger partial charge in [0.05, 0.1) is 25.3 Å². The number of benzene rings is 5. The number of nitrogens with zero attached hydrogens (tertiary/aromatic N) is 3. The summed E-state index contributed by atoms with van der Waals surface area (Å²) in [5, 5.41) is 0.361. The molecule has 328 valence electrons. The van der Waals surface area contributed by atoms with Gasteiger partial charge in [-0.2, -0.15) is 0 Å². The lowest BCUT2D eigenvalue weighted by atomic mass is 9.80. The van der Waals surface area contributed by atoms with E-state index in [0.29, 0.717) is 11.6 Å². The molecule has 0 aliphatic carbocycles. The van der Waals surface area contributed by atoms with Crippen molar-refractivity contribution in [2.24, 2.45) is 0 Å². The van der Waals surface area contributed by atoms with Gasteiger partial charge in [-0.25, -0.2) is 19.3 Å². The van der Waals surface area contributed by atoms with Crippen LogP contribution in [0.4, 0.5) is 0 Å². The molecule has 3 heterocycles. The lowest BCUT2D eigenvalue weighted by molar-refractivity contribution is -0.0937. The molecular weight excluding hydrogens is 878 g/mol. The van der Waals surface area contributed by atoms with E-state index in [2.05, 4.69) is 15.0 Å². The Labute approximate surface area is 379 Å². The zero-order chi connectivity index (χ0) is 44.7. The Morgan fingerprint density at radius 1 is 0.828 bits per heavy atom. The molecule has 16 heteroatoms. The minimum absolute atomic E-state index is 0.0460. The molecule has 1 saturated heterocycles. The molecule has 1 unspecified atom stereocenters. The number of halogens is 2. The maximum Gasteiger partial charge on any atom is 0.530 e. The van der Waals surface area contributed by atoms with E-state index in [0.717, 1.165) is 27.8 Å². The highest BCUT2D eigenvalue weighted by atomic mass is 35.5. The van der Waals surface area contributed by atoms with E-state index >= 15 is 4.57 Å². The number of methoxy groups -OCH3 is 1. The minimum atomic E-state index is -4.66. The van der Waals surface area contributed by atoms with E-state index in [1.54, 1.807) is 32.5 Å². The second-order valence-corrected chi connectivity index (χ2v) is 17.3.